The molecule has 0 spiro atoms. The van der Waals surface area contributed by atoms with Crippen LogP contribution in [0.25, 0.3) is 0 Å². The summed E-state index contributed by atoms with van der Waals surface area (Å²) in [6.07, 6.45) is 2.17. The van der Waals surface area contributed by atoms with Gasteiger partial charge in [-0.2, -0.15) is 5.26 Å². The van der Waals surface area contributed by atoms with E-state index in [2.05, 4.69) is 16.4 Å². The van der Waals surface area contributed by atoms with Gasteiger partial charge < -0.3 is 11.1 Å². The number of nitrogens with zero attached hydrogens (tertiary/aromatic N) is 2. The molecule has 14 heavy (non-hydrogen) atoms. The maximum absolute atomic E-state index is 8.38. The molecule has 1 atom stereocenters. The number of aromatic nitrogens is 1. The Morgan fingerprint density at radius 3 is 3.14 bits per heavy atom. The average Bonchev–Trinajstić information content (AvgIpc) is 2.18. The van der Waals surface area contributed by atoms with E-state index in [1.807, 2.05) is 19.1 Å². The van der Waals surface area contributed by atoms with E-state index in [9.17, 15) is 0 Å². The molecule has 4 heteroatoms. The van der Waals surface area contributed by atoms with Crippen molar-refractivity contribution in [3.63, 3.8) is 0 Å². The number of hydrogen-bond donors (Lipinski definition) is 2. The van der Waals surface area contributed by atoms with Gasteiger partial charge in [-0.15, -0.1) is 0 Å². The van der Waals surface area contributed by atoms with Crippen LogP contribution in [0.2, 0.25) is 0 Å². The molecule has 0 fully saturated rings. The normalized spacial score (nSPS) is 12.0. The van der Waals surface area contributed by atoms with Crippen LogP contribution in [0.15, 0.2) is 18.3 Å². The summed E-state index contributed by atoms with van der Waals surface area (Å²) in [5.41, 5.74) is 6.69. The first-order chi connectivity index (χ1) is 6.75. The lowest BCUT2D eigenvalue weighted by Gasteiger charge is -2.14. The Morgan fingerprint density at radius 2 is 2.50 bits per heavy atom. The highest BCUT2D eigenvalue weighted by molar-refractivity contribution is 5.40. The van der Waals surface area contributed by atoms with E-state index in [0.717, 1.165) is 5.56 Å². The zero-order chi connectivity index (χ0) is 10.4. The van der Waals surface area contributed by atoms with Crippen molar-refractivity contribution in [1.82, 2.24) is 10.3 Å². The molecule has 0 saturated carbocycles. The molecule has 0 aliphatic heterocycles. The first kappa shape index (κ1) is 10.5. The van der Waals surface area contributed by atoms with Crippen molar-refractivity contribution < 1.29 is 0 Å². The summed E-state index contributed by atoms with van der Waals surface area (Å²) in [4.78, 5) is 4.00. The van der Waals surface area contributed by atoms with Crippen LogP contribution in [0.3, 0.4) is 0 Å². The fourth-order valence-corrected chi connectivity index (χ4v) is 1.25. The highest BCUT2D eigenvalue weighted by atomic mass is 14.9. The summed E-state index contributed by atoms with van der Waals surface area (Å²) in [5, 5.41) is 11.6. The third kappa shape index (κ3) is 2.71. The van der Waals surface area contributed by atoms with Gasteiger partial charge in [0.15, 0.2) is 0 Å². The standard InChI is InChI=1S/C10H14N4/c1-8(13-7-3-5-11)9-4-2-6-14-10(9)12/h2,4,6,8,13H,3,7H2,1H3,(H2,12,14). The molecule has 1 heterocycles. The smallest absolute Gasteiger partial charge is 0.128 e. The van der Waals surface area contributed by atoms with E-state index in [1.54, 1.807) is 6.20 Å². The molecule has 0 bridgehead atoms. The highest BCUT2D eigenvalue weighted by Gasteiger charge is 2.07. The zero-order valence-electron chi connectivity index (χ0n) is 8.20. The summed E-state index contributed by atoms with van der Waals surface area (Å²) in [7, 11) is 0. The topological polar surface area (TPSA) is 74.7 Å². The Balaban J connectivity index is 2.57. The van der Waals surface area contributed by atoms with Gasteiger partial charge in [0.2, 0.25) is 0 Å². The highest BCUT2D eigenvalue weighted by Crippen LogP contribution is 2.16. The Labute approximate surface area is 83.8 Å². The van der Waals surface area contributed by atoms with Crippen LogP contribution in [0.4, 0.5) is 5.82 Å². The van der Waals surface area contributed by atoms with Gasteiger partial charge in [-0.3, -0.25) is 0 Å². The molecule has 0 aliphatic carbocycles. The number of rotatable bonds is 4. The Morgan fingerprint density at radius 1 is 1.71 bits per heavy atom. The molecule has 4 nitrogen and oxygen atoms in total. The third-order valence-electron chi connectivity index (χ3n) is 2.03. The molecule has 0 amide bonds. The minimum atomic E-state index is 0.136. The van der Waals surface area contributed by atoms with Crippen LogP contribution in [0.1, 0.15) is 24.9 Å². The second-order valence-corrected chi connectivity index (χ2v) is 3.06. The van der Waals surface area contributed by atoms with Crippen molar-refractivity contribution in [2.45, 2.75) is 19.4 Å². The second kappa shape index (κ2) is 5.20. The number of nitrogen functional groups attached to an aromatic ring is 1. The number of nitriles is 1. The van der Waals surface area contributed by atoms with E-state index in [-0.39, 0.29) is 6.04 Å². The molecule has 0 saturated heterocycles. The second-order valence-electron chi connectivity index (χ2n) is 3.06. The number of hydrogen-bond acceptors (Lipinski definition) is 4. The number of nitrogens with two attached hydrogens (primary N) is 1. The molecule has 0 radical (unpaired) electrons. The zero-order valence-corrected chi connectivity index (χ0v) is 8.20. The Kier molecular flexibility index (Phi) is 3.89. The van der Waals surface area contributed by atoms with Crippen molar-refractivity contribution >= 4 is 5.82 Å². The Bertz CT molecular complexity index is 329. The molecule has 3 N–H and O–H groups in total. The van der Waals surface area contributed by atoms with E-state index >= 15 is 0 Å². The molecule has 74 valence electrons. The van der Waals surface area contributed by atoms with Crippen molar-refractivity contribution in [1.29, 1.82) is 5.26 Å². The van der Waals surface area contributed by atoms with Crippen LogP contribution in [0.5, 0.6) is 0 Å². The molecule has 1 unspecified atom stereocenters. The molecule has 0 aliphatic rings. The van der Waals surface area contributed by atoms with Gasteiger partial charge in [-0.25, -0.2) is 4.98 Å². The number of nitrogens with one attached hydrogen (secondary N) is 1. The van der Waals surface area contributed by atoms with Crippen LogP contribution >= 0.6 is 0 Å². The summed E-state index contributed by atoms with van der Waals surface area (Å²) < 4.78 is 0. The maximum atomic E-state index is 8.38. The number of pyridine rings is 1. The van der Waals surface area contributed by atoms with Gasteiger partial charge in [-0.1, -0.05) is 6.07 Å². The minimum absolute atomic E-state index is 0.136. The summed E-state index contributed by atoms with van der Waals surface area (Å²) in [5.74, 6) is 0.546. The third-order valence-corrected chi connectivity index (χ3v) is 2.03. The molecule has 1 aromatic heterocycles. The van der Waals surface area contributed by atoms with E-state index in [4.69, 9.17) is 11.0 Å². The molecule has 0 aromatic carbocycles. The molecule has 1 rings (SSSR count). The SMILES string of the molecule is CC(NCCC#N)c1cccnc1N. The predicted molar refractivity (Wildman–Crippen MR) is 55.3 cm³/mol. The van der Waals surface area contributed by atoms with Crippen molar-refractivity contribution in [2.75, 3.05) is 12.3 Å². The van der Waals surface area contributed by atoms with Crippen LogP contribution < -0.4 is 11.1 Å². The molecule has 1 aromatic rings. The largest absolute Gasteiger partial charge is 0.383 e. The van der Waals surface area contributed by atoms with Gasteiger partial charge in [-0.05, 0) is 13.0 Å². The van der Waals surface area contributed by atoms with Crippen molar-refractivity contribution in [2.24, 2.45) is 0 Å². The first-order valence-electron chi connectivity index (χ1n) is 4.56. The van der Waals surface area contributed by atoms with Crippen molar-refractivity contribution in [3.05, 3.63) is 23.9 Å². The quantitative estimate of drug-likeness (QED) is 0.700. The van der Waals surface area contributed by atoms with Crippen LogP contribution in [-0.4, -0.2) is 11.5 Å². The van der Waals surface area contributed by atoms with E-state index in [1.165, 1.54) is 0 Å². The summed E-state index contributed by atoms with van der Waals surface area (Å²) in [6, 6.07) is 6.01. The van der Waals surface area contributed by atoms with Crippen LogP contribution in [0, 0.1) is 11.3 Å². The number of anilines is 1. The van der Waals surface area contributed by atoms with Crippen LogP contribution in [-0.2, 0) is 0 Å². The molecular weight excluding hydrogens is 176 g/mol. The first-order valence-corrected chi connectivity index (χ1v) is 4.56. The van der Waals surface area contributed by atoms with Gasteiger partial charge in [0.05, 0.1) is 6.07 Å². The average molecular weight is 190 g/mol. The molecular formula is C10H14N4. The Hall–Kier alpha value is -1.60. The monoisotopic (exact) mass is 190 g/mol. The summed E-state index contributed by atoms with van der Waals surface area (Å²) in [6.45, 7) is 2.68. The van der Waals surface area contributed by atoms with Crippen molar-refractivity contribution in [3.8, 4) is 6.07 Å². The fourth-order valence-electron chi connectivity index (χ4n) is 1.25. The van der Waals surface area contributed by atoms with Gasteiger partial charge in [0, 0.05) is 30.8 Å². The van der Waals surface area contributed by atoms with Gasteiger partial charge in [0.1, 0.15) is 5.82 Å². The van der Waals surface area contributed by atoms with Gasteiger partial charge >= 0.3 is 0 Å². The lowest BCUT2D eigenvalue weighted by molar-refractivity contribution is 0.583. The minimum Gasteiger partial charge on any atom is -0.383 e. The summed E-state index contributed by atoms with van der Waals surface area (Å²) >= 11 is 0. The van der Waals surface area contributed by atoms with E-state index in [0.29, 0.717) is 18.8 Å². The fraction of sp³-hybridized carbons (Fsp3) is 0.400. The van der Waals surface area contributed by atoms with Gasteiger partial charge in [0.25, 0.3) is 0 Å². The predicted octanol–water partition coefficient (Wildman–Crippen LogP) is 1.23. The maximum Gasteiger partial charge on any atom is 0.128 e. The lowest BCUT2D eigenvalue weighted by atomic mass is 10.1. The lowest BCUT2D eigenvalue weighted by Crippen LogP contribution is -2.20. The van der Waals surface area contributed by atoms with E-state index < -0.39 is 0 Å².